The van der Waals surface area contributed by atoms with Gasteiger partial charge in [-0.2, -0.15) is 0 Å². The number of piperidine rings is 2. The average Bonchev–Trinajstić information content (AvgIpc) is 2.88. The maximum Gasteiger partial charge on any atom is 0.258 e. The second-order valence-electron chi connectivity index (χ2n) is 10.0. The highest BCUT2D eigenvalue weighted by molar-refractivity contribution is 6.08. The Morgan fingerprint density at radius 3 is 2.59 bits per heavy atom. The van der Waals surface area contributed by atoms with Gasteiger partial charge in [-0.1, -0.05) is 19.8 Å². The van der Waals surface area contributed by atoms with Crippen molar-refractivity contribution in [3.8, 4) is 11.5 Å². The molecule has 0 bridgehead atoms. The molecule has 0 N–H and O–H groups in total. The van der Waals surface area contributed by atoms with Crippen molar-refractivity contribution >= 4 is 11.6 Å². The Morgan fingerprint density at radius 2 is 1.74 bits per heavy atom. The van der Waals surface area contributed by atoms with Crippen molar-refractivity contribution < 1.29 is 14.3 Å². The fourth-order valence-corrected chi connectivity index (χ4v) is 5.83. The maximum atomic E-state index is 13.2. The molecule has 0 aromatic heterocycles. The number of anilines is 1. The minimum absolute atomic E-state index is 0.0645. The van der Waals surface area contributed by atoms with Crippen LogP contribution in [-0.4, -0.2) is 49.7 Å². The Kier molecular flexibility index (Phi) is 7.39. The maximum absolute atomic E-state index is 13.2. The normalized spacial score (nSPS) is 22.7. The molecule has 2 fully saturated rings. The largest absolute Gasteiger partial charge is 0.494 e. The van der Waals surface area contributed by atoms with Crippen molar-refractivity contribution in [2.24, 2.45) is 5.92 Å². The lowest BCUT2D eigenvalue weighted by Crippen LogP contribution is -2.49. The summed E-state index contributed by atoms with van der Waals surface area (Å²) in [7, 11) is 0. The van der Waals surface area contributed by atoms with E-state index in [0.717, 1.165) is 60.8 Å². The highest BCUT2D eigenvalue weighted by Gasteiger charge is 2.33. The molecule has 5 heteroatoms. The number of ether oxygens (including phenoxy) is 2. The van der Waals surface area contributed by atoms with E-state index in [1.54, 1.807) is 0 Å². The Balaban J connectivity index is 1.19. The molecule has 3 aliphatic rings. The van der Waals surface area contributed by atoms with E-state index in [9.17, 15) is 4.79 Å². The van der Waals surface area contributed by atoms with Crippen LogP contribution in [0.5, 0.6) is 11.5 Å². The van der Waals surface area contributed by atoms with Gasteiger partial charge < -0.3 is 14.4 Å². The number of amides is 1. The predicted molar refractivity (Wildman–Crippen MR) is 136 cm³/mol. The Morgan fingerprint density at radius 1 is 0.912 bits per heavy atom. The number of rotatable bonds is 8. The second-order valence-corrected chi connectivity index (χ2v) is 10.0. The number of hydrogen-bond donors (Lipinski definition) is 0. The summed E-state index contributed by atoms with van der Waals surface area (Å²) in [5, 5.41) is 0. The summed E-state index contributed by atoms with van der Waals surface area (Å²) < 4.78 is 12.1. The van der Waals surface area contributed by atoms with Crippen LogP contribution in [0.4, 0.5) is 5.69 Å². The van der Waals surface area contributed by atoms with Crippen molar-refractivity contribution in [1.29, 1.82) is 0 Å². The van der Waals surface area contributed by atoms with Crippen molar-refractivity contribution in [1.82, 2.24) is 4.90 Å². The Hall–Kier alpha value is -2.53. The third-order valence-electron chi connectivity index (χ3n) is 7.76. The molecule has 2 saturated heterocycles. The minimum atomic E-state index is 0.0645. The summed E-state index contributed by atoms with van der Waals surface area (Å²) in [6, 6.07) is 14.7. The van der Waals surface area contributed by atoms with Crippen molar-refractivity contribution in [2.75, 3.05) is 37.7 Å². The molecule has 0 spiro atoms. The van der Waals surface area contributed by atoms with Crippen LogP contribution in [0, 0.1) is 5.92 Å². The summed E-state index contributed by atoms with van der Waals surface area (Å²) in [6.45, 7) is 6.88. The van der Waals surface area contributed by atoms with Crippen LogP contribution in [0.25, 0.3) is 0 Å². The van der Waals surface area contributed by atoms with Gasteiger partial charge in [-0.25, -0.2) is 0 Å². The lowest BCUT2D eigenvalue weighted by molar-refractivity contribution is 0.0366. The first kappa shape index (κ1) is 23.2. The predicted octanol–water partition coefficient (Wildman–Crippen LogP) is 5.71. The number of hydrogen-bond acceptors (Lipinski definition) is 4. The van der Waals surface area contributed by atoms with Gasteiger partial charge in [0.15, 0.2) is 0 Å². The van der Waals surface area contributed by atoms with Crippen molar-refractivity contribution in [2.45, 2.75) is 64.3 Å². The van der Waals surface area contributed by atoms with E-state index in [4.69, 9.17) is 9.47 Å². The summed E-state index contributed by atoms with van der Waals surface area (Å²) >= 11 is 0. The van der Waals surface area contributed by atoms with Gasteiger partial charge >= 0.3 is 0 Å². The van der Waals surface area contributed by atoms with Crippen molar-refractivity contribution in [3.05, 3.63) is 53.6 Å². The fraction of sp³-hybridized carbons (Fsp3) is 0.552. The van der Waals surface area contributed by atoms with Crippen LogP contribution in [0.15, 0.2) is 42.5 Å². The number of nitrogens with zero attached hydrogens (tertiary/aromatic N) is 2. The van der Waals surface area contributed by atoms with Gasteiger partial charge in [0.1, 0.15) is 11.5 Å². The van der Waals surface area contributed by atoms with Crippen LogP contribution >= 0.6 is 0 Å². The van der Waals surface area contributed by atoms with Crippen LogP contribution < -0.4 is 14.4 Å². The molecule has 0 unspecified atom stereocenters. The summed E-state index contributed by atoms with van der Waals surface area (Å²) in [4.78, 5) is 17.8. The van der Waals surface area contributed by atoms with E-state index in [1.165, 1.54) is 45.2 Å². The standard InChI is InChI=1S/C29H38N2O3/c1-2-3-19-33-26-13-14-27-22(20-26)15-18-31(29(27)32)24-9-11-25(12-10-24)34-21-23-7-6-17-30-16-5-4-8-28(23)30/h9-14,20,23,28H,2-8,15-19,21H2,1H3/t23-,28+/m0/s1. The van der Waals surface area contributed by atoms with Gasteiger partial charge in [0.25, 0.3) is 5.91 Å². The zero-order chi connectivity index (χ0) is 23.3. The molecule has 0 aliphatic carbocycles. The van der Waals surface area contributed by atoms with E-state index in [-0.39, 0.29) is 5.91 Å². The van der Waals surface area contributed by atoms with Gasteiger partial charge in [0.2, 0.25) is 0 Å². The summed E-state index contributed by atoms with van der Waals surface area (Å²) in [5.41, 5.74) is 2.80. The number of unbranched alkanes of at least 4 members (excludes halogenated alkanes) is 1. The van der Waals surface area contributed by atoms with Crippen LogP contribution in [0.1, 0.15) is 67.8 Å². The SMILES string of the molecule is CCCCOc1ccc2c(c1)CCN(c1ccc(OC[C@@H]3CCCN4CCCC[C@H]34)cc1)C2=O. The first-order valence-electron chi connectivity index (χ1n) is 13.3. The molecule has 182 valence electrons. The molecule has 2 aromatic carbocycles. The molecule has 2 aromatic rings. The molecule has 3 heterocycles. The van der Waals surface area contributed by atoms with E-state index in [2.05, 4.69) is 11.8 Å². The fourth-order valence-electron chi connectivity index (χ4n) is 5.83. The number of carbonyl (C=O) groups excluding carboxylic acids is 1. The van der Waals surface area contributed by atoms with Gasteiger partial charge in [0, 0.05) is 29.8 Å². The third-order valence-corrected chi connectivity index (χ3v) is 7.76. The molecule has 2 atom stereocenters. The average molecular weight is 463 g/mol. The number of benzene rings is 2. The van der Waals surface area contributed by atoms with E-state index in [0.29, 0.717) is 18.5 Å². The zero-order valence-electron chi connectivity index (χ0n) is 20.5. The monoisotopic (exact) mass is 462 g/mol. The molecule has 5 rings (SSSR count). The summed E-state index contributed by atoms with van der Waals surface area (Å²) in [5.74, 6) is 2.46. The molecule has 0 saturated carbocycles. The highest BCUT2D eigenvalue weighted by Crippen LogP contribution is 2.32. The topological polar surface area (TPSA) is 42.0 Å². The molecule has 1 amide bonds. The molecule has 34 heavy (non-hydrogen) atoms. The third kappa shape index (κ3) is 5.10. The quantitative estimate of drug-likeness (QED) is 0.471. The smallest absolute Gasteiger partial charge is 0.258 e. The van der Waals surface area contributed by atoms with Gasteiger partial charge in [-0.15, -0.1) is 0 Å². The Labute approximate surface area is 204 Å². The lowest BCUT2D eigenvalue weighted by atomic mass is 9.84. The second kappa shape index (κ2) is 10.8. The molecular weight excluding hydrogens is 424 g/mol. The van der Waals surface area contributed by atoms with Gasteiger partial charge in [-0.3, -0.25) is 9.69 Å². The molecule has 5 nitrogen and oxygen atoms in total. The van der Waals surface area contributed by atoms with Crippen molar-refractivity contribution in [3.63, 3.8) is 0 Å². The Bertz CT molecular complexity index is 972. The number of carbonyl (C=O) groups is 1. The highest BCUT2D eigenvalue weighted by atomic mass is 16.5. The van der Waals surface area contributed by atoms with Crippen LogP contribution in [0.3, 0.4) is 0 Å². The lowest BCUT2D eigenvalue weighted by Gasteiger charge is -2.44. The summed E-state index contributed by atoms with van der Waals surface area (Å²) in [6.07, 6.45) is 9.57. The van der Waals surface area contributed by atoms with E-state index < -0.39 is 0 Å². The first-order chi connectivity index (χ1) is 16.7. The van der Waals surface area contributed by atoms with Crippen LogP contribution in [0.2, 0.25) is 0 Å². The molecular formula is C29H38N2O3. The van der Waals surface area contributed by atoms with E-state index in [1.807, 2.05) is 47.4 Å². The minimum Gasteiger partial charge on any atom is -0.494 e. The van der Waals surface area contributed by atoms with Gasteiger partial charge in [-0.05, 0) is 99.6 Å². The zero-order valence-corrected chi connectivity index (χ0v) is 20.5. The van der Waals surface area contributed by atoms with Gasteiger partial charge in [0.05, 0.1) is 13.2 Å². The molecule has 0 radical (unpaired) electrons. The first-order valence-corrected chi connectivity index (χ1v) is 13.3. The van der Waals surface area contributed by atoms with Crippen LogP contribution in [-0.2, 0) is 6.42 Å². The number of fused-ring (bicyclic) bond motifs is 2. The molecule has 3 aliphatic heterocycles. The van der Waals surface area contributed by atoms with E-state index >= 15 is 0 Å².